The zero-order valence-corrected chi connectivity index (χ0v) is 13.5. The molecule has 1 rings (SSSR count). The van der Waals surface area contributed by atoms with Gasteiger partial charge in [0.05, 0.1) is 6.54 Å². The summed E-state index contributed by atoms with van der Waals surface area (Å²) in [6.07, 6.45) is 3.12. The van der Waals surface area contributed by atoms with Crippen molar-refractivity contribution in [2.24, 2.45) is 10.9 Å². The van der Waals surface area contributed by atoms with Crippen molar-refractivity contribution in [1.82, 2.24) is 10.2 Å². The van der Waals surface area contributed by atoms with Crippen LogP contribution in [0.25, 0.3) is 0 Å². The van der Waals surface area contributed by atoms with E-state index in [2.05, 4.69) is 29.4 Å². The minimum Gasteiger partial charge on any atom is -0.396 e. The van der Waals surface area contributed by atoms with E-state index >= 15 is 0 Å². The third-order valence-electron chi connectivity index (χ3n) is 3.46. The maximum Gasteiger partial charge on any atom is 0.193 e. The van der Waals surface area contributed by atoms with Crippen molar-refractivity contribution in [3.8, 4) is 0 Å². The van der Waals surface area contributed by atoms with Crippen molar-refractivity contribution in [3.63, 3.8) is 0 Å². The topological polar surface area (TPSA) is 47.9 Å². The summed E-state index contributed by atoms with van der Waals surface area (Å²) in [6, 6.07) is 10.3. The first-order chi connectivity index (χ1) is 10.2. The molecule has 4 nitrogen and oxygen atoms in total. The Morgan fingerprint density at radius 1 is 1.24 bits per heavy atom. The van der Waals surface area contributed by atoms with Crippen LogP contribution in [-0.4, -0.2) is 43.2 Å². The number of guanidine groups is 1. The highest BCUT2D eigenvalue weighted by Gasteiger charge is 2.09. The molecule has 118 valence electrons. The molecule has 0 aliphatic heterocycles. The van der Waals surface area contributed by atoms with E-state index < -0.39 is 0 Å². The number of nitrogens with zero attached hydrogens (tertiary/aromatic N) is 2. The fraction of sp³-hybridized carbons (Fsp3) is 0.588. The molecule has 0 heterocycles. The van der Waals surface area contributed by atoms with Crippen LogP contribution in [0.15, 0.2) is 35.3 Å². The van der Waals surface area contributed by atoms with Gasteiger partial charge in [0.2, 0.25) is 0 Å². The molecular weight excluding hydrogens is 262 g/mol. The van der Waals surface area contributed by atoms with Gasteiger partial charge in [-0.2, -0.15) is 0 Å². The second-order valence-electron chi connectivity index (χ2n) is 5.57. The van der Waals surface area contributed by atoms with E-state index in [1.165, 1.54) is 5.56 Å². The predicted octanol–water partition coefficient (Wildman–Crippen LogP) is 2.49. The first-order valence-electron chi connectivity index (χ1n) is 7.77. The first kappa shape index (κ1) is 17.5. The van der Waals surface area contributed by atoms with E-state index in [1.54, 1.807) is 0 Å². The molecule has 0 fully saturated rings. The van der Waals surface area contributed by atoms with E-state index in [0.29, 0.717) is 12.5 Å². The summed E-state index contributed by atoms with van der Waals surface area (Å²) in [7, 11) is 4.00. The molecule has 0 amide bonds. The second kappa shape index (κ2) is 10.2. The standard InChI is InChI=1S/C17H29N3O/c1-4-8-15(11-12-21)13-18-17(20(2)3)19-14-16-9-6-5-7-10-16/h5-7,9-10,15,21H,4,8,11-14H2,1-3H3,(H,18,19). The van der Waals surface area contributed by atoms with Gasteiger partial charge in [0.25, 0.3) is 0 Å². The quantitative estimate of drug-likeness (QED) is 0.571. The van der Waals surface area contributed by atoms with Crippen LogP contribution in [-0.2, 0) is 6.54 Å². The average Bonchev–Trinajstić information content (AvgIpc) is 2.48. The summed E-state index contributed by atoms with van der Waals surface area (Å²) in [5.74, 6) is 1.40. The fourth-order valence-electron chi connectivity index (χ4n) is 2.28. The number of hydrogen-bond donors (Lipinski definition) is 2. The van der Waals surface area contributed by atoms with E-state index in [9.17, 15) is 0 Å². The summed E-state index contributed by atoms with van der Waals surface area (Å²) in [5, 5.41) is 12.5. The largest absolute Gasteiger partial charge is 0.396 e. The highest BCUT2D eigenvalue weighted by molar-refractivity contribution is 5.79. The van der Waals surface area contributed by atoms with Crippen LogP contribution in [0.5, 0.6) is 0 Å². The van der Waals surface area contributed by atoms with Gasteiger partial charge >= 0.3 is 0 Å². The Bertz CT molecular complexity index is 398. The first-order valence-corrected chi connectivity index (χ1v) is 7.77. The van der Waals surface area contributed by atoms with Gasteiger partial charge in [0.15, 0.2) is 5.96 Å². The maximum absolute atomic E-state index is 9.12. The summed E-state index contributed by atoms with van der Waals surface area (Å²) < 4.78 is 0. The molecule has 1 atom stereocenters. The molecule has 0 saturated carbocycles. The van der Waals surface area contributed by atoms with E-state index in [0.717, 1.165) is 31.8 Å². The molecule has 0 aliphatic rings. The lowest BCUT2D eigenvalue weighted by atomic mass is 10.0. The Balaban J connectivity index is 2.56. The van der Waals surface area contributed by atoms with Crippen molar-refractivity contribution in [3.05, 3.63) is 35.9 Å². The van der Waals surface area contributed by atoms with Crippen LogP contribution in [0.4, 0.5) is 0 Å². The van der Waals surface area contributed by atoms with Gasteiger partial charge in [0, 0.05) is 27.2 Å². The van der Waals surface area contributed by atoms with E-state index in [-0.39, 0.29) is 6.61 Å². The number of nitrogens with one attached hydrogen (secondary N) is 1. The lowest BCUT2D eigenvalue weighted by Gasteiger charge is -2.21. The molecule has 0 aromatic heterocycles. The number of hydrogen-bond acceptors (Lipinski definition) is 2. The number of aliphatic hydroxyl groups excluding tert-OH is 1. The van der Waals surface area contributed by atoms with Gasteiger partial charge in [0.1, 0.15) is 0 Å². The molecule has 4 heteroatoms. The third-order valence-corrected chi connectivity index (χ3v) is 3.46. The summed E-state index contributed by atoms with van der Waals surface area (Å²) in [4.78, 5) is 6.66. The van der Waals surface area contributed by atoms with Crippen LogP contribution in [0.3, 0.4) is 0 Å². The maximum atomic E-state index is 9.12. The molecule has 1 unspecified atom stereocenters. The number of aliphatic imine (C=N–C) groups is 1. The van der Waals surface area contributed by atoms with E-state index in [4.69, 9.17) is 5.11 Å². The van der Waals surface area contributed by atoms with E-state index in [1.807, 2.05) is 37.2 Å². The molecule has 0 spiro atoms. The Labute approximate surface area is 128 Å². The highest BCUT2D eigenvalue weighted by atomic mass is 16.3. The van der Waals surface area contributed by atoms with Crippen LogP contribution in [0.2, 0.25) is 0 Å². The van der Waals surface area contributed by atoms with Crippen molar-refractivity contribution in [2.45, 2.75) is 32.7 Å². The SMILES string of the molecule is CCCC(CCO)CNC(=NCc1ccccc1)N(C)C. The van der Waals surface area contributed by atoms with Crippen molar-refractivity contribution in [2.75, 3.05) is 27.2 Å². The van der Waals surface area contributed by atoms with Gasteiger partial charge < -0.3 is 15.3 Å². The highest BCUT2D eigenvalue weighted by Crippen LogP contribution is 2.09. The van der Waals surface area contributed by atoms with Gasteiger partial charge in [-0.25, -0.2) is 4.99 Å². The molecule has 1 aromatic rings. The zero-order valence-electron chi connectivity index (χ0n) is 13.5. The Morgan fingerprint density at radius 2 is 1.95 bits per heavy atom. The number of benzene rings is 1. The lowest BCUT2D eigenvalue weighted by Crippen LogP contribution is -2.39. The Morgan fingerprint density at radius 3 is 2.52 bits per heavy atom. The van der Waals surface area contributed by atoms with Crippen LogP contribution in [0, 0.1) is 5.92 Å². The van der Waals surface area contributed by atoms with Gasteiger partial charge in [-0.1, -0.05) is 43.7 Å². The predicted molar refractivity (Wildman–Crippen MR) is 89.4 cm³/mol. The molecule has 1 aromatic carbocycles. The monoisotopic (exact) mass is 291 g/mol. The zero-order chi connectivity index (χ0) is 15.5. The fourth-order valence-corrected chi connectivity index (χ4v) is 2.28. The number of rotatable bonds is 8. The normalized spacial score (nSPS) is 13.0. The van der Waals surface area contributed by atoms with Crippen LogP contribution in [0.1, 0.15) is 31.7 Å². The van der Waals surface area contributed by atoms with Crippen molar-refractivity contribution in [1.29, 1.82) is 0 Å². The van der Waals surface area contributed by atoms with Crippen molar-refractivity contribution < 1.29 is 5.11 Å². The molecular formula is C17H29N3O. The molecule has 0 radical (unpaired) electrons. The molecule has 2 N–H and O–H groups in total. The Hall–Kier alpha value is -1.55. The molecule has 0 saturated heterocycles. The lowest BCUT2D eigenvalue weighted by molar-refractivity contribution is 0.250. The molecule has 21 heavy (non-hydrogen) atoms. The minimum absolute atomic E-state index is 0.255. The third kappa shape index (κ3) is 7.14. The smallest absolute Gasteiger partial charge is 0.193 e. The number of aliphatic hydroxyl groups is 1. The Kier molecular flexibility index (Phi) is 8.51. The summed E-state index contributed by atoms with van der Waals surface area (Å²) in [6.45, 7) is 3.98. The van der Waals surface area contributed by atoms with Gasteiger partial charge in [-0.15, -0.1) is 0 Å². The van der Waals surface area contributed by atoms with Crippen molar-refractivity contribution >= 4 is 5.96 Å². The van der Waals surface area contributed by atoms with Crippen LogP contribution >= 0.6 is 0 Å². The average molecular weight is 291 g/mol. The van der Waals surface area contributed by atoms with Gasteiger partial charge in [-0.3, -0.25) is 0 Å². The second-order valence-corrected chi connectivity index (χ2v) is 5.57. The summed E-state index contributed by atoms with van der Waals surface area (Å²) >= 11 is 0. The molecule has 0 bridgehead atoms. The minimum atomic E-state index is 0.255. The summed E-state index contributed by atoms with van der Waals surface area (Å²) in [5.41, 5.74) is 1.21. The van der Waals surface area contributed by atoms with Gasteiger partial charge in [-0.05, 0) is 24.3 Å². The molecule has 0 aliphatic carbocycles. The van der Waals surface area contributed by atoms with Crippen LogP contribution < -0.4 is 5.32 Å².